The van der Waals surface area contributed by atoms with Crippen LogP contribution in [0.2, 0.25) is 0 Å². The van der Waals surface area contributed by atoms with E-state index in [2.05, 4.69) is 18.7 Å². The maximum absolute atomic E-state index is 11.5. The van der Waals surface area contributed by atoms with Gasteiger partial charge in [0.1, 0.15) is 5.78 Å². The Morgan fingerprint density at radius 3 is 2.46 bits per heavy atom. The van der Waals surface area contributed by atoms with Crippen molar-refractivity contribution >= 4 is 5.78 Å². The first-order chi connectivity index (χ1) is 5.91. The van der Waals surface area contributed by atoms with E-state index in [1.807, 2.05) is 13.8 Å². The smallest absolute Gasteiger partial charge is 0.149 e. The van der Waals surface area contributed by atoms with Gasteiger partial charge in [-0.3, -0.25) is 9.69 Å². The Kier molecular flexibility index (Phi) is 3.12. The van der Waals surface area contributed by atoms with Crippen molar-refractivity contribution in [1.29, 1.82) is 0 Å². The van der Waals surface area contributed by atoms with Crippen molar-refractivity contribution in [2.24, 2.45) is 11.3 Å². The summed E-state index contributed by atoms with van der Waals surface area (Å²) in [6.45, 7) is 11.3. The van der Waals surface area contributed by atoms with Crippen molar-refractivity contribution < 1.29 is 4.79 Å². The molecule has 0 spiro atoms. The summed E-state index contributed by atoms with van der Waals surface area (Å²) in [5.41, 5.74) is 0.414. The van der Waals surface area contributed by atoms with Gasteiger partial charge in [-0.1, -0.05) is 27.7 Å². The fourth-order valence-electron chi connectivity index (χ4n) is 1.76. The van der Waals surface area contributed by atoms with Crippen LogP contribution < -0.4 is 0 Å². The van der Waals surface area contributed by atoms with Gasteiger partial charge in [0.05, 0.1) is 6.54 Å². The maximum atomic E-state index is 11.5. The van der Waals surface area contributed by atoms with Gasteiger partial charge in [0, 0.05) is 12.5 Å². The van der Waals surface area contributed by atoms with Crippen LogP contribution in [-0.2, 0) is 4.79 Å². The van der Waals surface area contributed by atoms with Crippen LogP contribution in [0.3, 0.4) is 0 Å². The highest BCUT2D eigenvalue weighted by Gasteiger charge is 2.30. The molecule has 13 heavy (non-hydrogen) atoms. The van der Waals surface area contributed by atoms with Gasteiger partial charge in [0.2, 0.25) is 0 Å². The molecular formula is C11H21NO. The Morgan fingerprint density at radius 1 is 1.46 bits per heavy atom. The average molecular weight is 183 g/mol. The molecule has 0 saturated carbocycles. The molecule has 0 amide bonds. The summed E-state index contributed by atoms with van der Waals surface area (Å²) in [6, 6.07) is 0. The third-order valence-corrected chi connectivity index (χ3v) is 2.78. The lowest BCUT2D eigenvalue weighted by molar-refractivity contribution is -0.122. The third kappa shape index (κ3) is 3.11. The first-order valence-electron chi connectivity index (χ1n) is 5.16. The molecule has 1 heterocycles. The number of carbonyl (C=O) groups is 1. The molecule has 2 nitrogen and oxygen atoms in total. The number of rotatable bonds is 3. The monoisotopic (exact) mass is 183 g/mol. The highest BCUT2D eigenvalue weighted by Crippen LogP contribution is 2.28. The first-order valence-corrected chi connectivity index (χ1v) is 5.16. The van der Waals surface area contributed by atoms with E-state index in [0.717, 1.165) is 13.1 Å². The second kappa shape index (κ2) is 3.79. The van der Waals surface area contributed by atoms with Crippen molar-refractivity contribution in [3.8, 4) is 0 Å². The summed E-state index contributed by atoms with van der Waals surface area (Å²) in [5.74, 6) is 0.557. The summed E-state index contributed by atoms with van der Waals surface area (Å²) < 4.78 is 0. The molecule has 0 aromatic rings. The molecule has 76 valence electrons. The molecule has 0 N–H and O–H groups in total. The Hall–Kier alpha value is -0.370. The predicted molar refractivity (Wildman–Crippen MR) is 54.7 cm³/mol. The van der Waals surface area contributed by atoms with E-state index in [9.17, 15) is 4.79 Å². The molecule has 0 unspecified atom stereocenters. The lowest BCUT2D eigenvalue weighted by Crippen LogP contribution is -2.31. The first kappa shape index (κ1) is 10.7. The van der Waals surface area contributed by atoms with Crippen molar-refractivity contribution in [1.82, 2.24) is 4.90 Å². The quantitative estimate of drug-likeness (QED) is 0.666. The molecule has 0 aliphatic carbocycles. The minimum Gasteiger partial charge on any atom is -0.298 e. The normalized spacial score (nSPS) is 22.5. The highest BCUT2D eigenvalue weighted by molar-refractivity contribution is 5.82. The number of Topliss-reactive ketones (excluding diaryl/α,β-unsaturated/α-hetero) is 1. The standard InChI is InChI=1S/C11H21NO/c1-9(2)10(13)7-12-6-5-11(3,4)8-12/h9H,5-8H2,1-4H3. The van der Waals surface area contributed by atoms with Crippen molar-refractivity contribution in [2.45, 2.75) is 34.1 Å². The zero-order chi connectivity index (χ0) is 10.1. The lowest BCUT2D eigenvalue weighted by Gasteiger charge is -2.19. The van der Waals surface area contributed by atoms with Gasteiger partial charge in [-0.15, -0.1) is 0 Å². The van der Waals surface area contributed by atoms with Crippen LogP contribution >= 0.6 is 0 Å². The van der Waals surface area contributed by atoms with E-state index in [-0.39, 0.29) is 5.92 Å². The van der Waals surface area contributed by atoms with E-state index < -0.39 is 0 Å². The number of nitrogens with zero attached hydrogens (tertiary/aromatic N) is 1. The minimum absolute atomic E-state index is 0.184. The summed E-state index contributed by atoms with van der Waals surface area (Å²) in [5, 5.41) is 0. The fourth-order valence-corrected chi connectivity index (χ4v) is 1.76. The molecule has 0 bridgehead atoms. The molecule has 0 atom stereocenters. The number of carbonyl (C=O) groups excluding carboxylic acids is 1. The van der Waals surface area contributed by atoms with Crippen LogP contribution in [-0.4, -0.2) is 30.3 Å². The van der Waals surface area contributed by atoms with Gasteiger partial charge < -0.3 is 0 Å². The summed E-state index contributed by atoms with van der Waals surface area (Å²) in [6.07, 6.45) is 1.22. The molecule has 1 rings (SSSR count). The van der Waals surface area contributed by atoms with Crippen LogP contribution in [0, 0.1) is 11.3 Å². The van der Waals surface area contributed by atoms with Gasteiger partial charge in [-0.25, -0.2) is 0 Å². The minimum atomic E-state index is 0.184. The Bertz CT molecular complexity index is 196. The predicted octanol–water partition coefficient (Wildman–Crippen LogP) is 1.94. The largest absolute Gasteiger partial charge is 0.298 e. The van der Waals surface area contributed by atoms with Crippen LogP contribution in [0.5, 0.6) is 0 Å². The highest BCUT2D eigenvalue weighted by atomic mass is 16.1. The van der Waals surface area contributed by atoms with Gasteiger partial charge in [0.15, 0.2) is 0 Å². The molecule has 0 aromatic heterocycles. The van der Waals surface area contributed by atoms with E-state index in [0.29, 0.717) is 17.7 Å². The molecule has 0 aromatic carbocycles. The van der Waals surface area contributed by atoms with Gasteiger partial charge >= 0.3 is 0 Å². The van der Waals surface area contributed by atoms with E-state index in [1.165, 1.54) is 6.42 Å². The van der Waals surface area contributed by atoms with Crippen LogP contribution in [0.25, 0.3) is 0 Å². The lowest BCUT2D eigenvalue weighted by atomic mass is 9.93. The number of likely N-dealkylation sites (tertiary alicyclic amines) is 1. The summed E-state index contributed by atoms with van der Waals surface area (Å²) in [7, 11) is 0. The Balaban J connectivity index is 2.37. The molecule has 2 heteroatoms. The SMILES string of the molecule is CC(C)C(=O)CN1CCC(C)(C)C1. The fraction of sp³-hybridized carbons (Fsp3) is 0.909. The van der Waals surface area contributed by atoms with Crippen molar-refractivity contribution in [3.05, 3.63) is 0 Å². The van der Waals surface area contributed by atoms with Crippen LogP contribution in [0.1, 0.15) is 34.1 Å². The summed E-state index contributed by atoms with van der Waals surface area (Å²) >= 11 is 0. The number of ketones is 1. The van der Waals surface area contributed by atoms with Gasteiger partial charge in [-0.2, -0.15) is 0 Å². The van der Waals surface area contributed by atoms with Gasteiger partial charge in [-0.05, 0) is 18.4 Å². The average Bonchev–Trinajstić information content (AvgIpc) is 2.30. The molecule has 1 fully saturated rings. The van der Waals surface area contributed by atoms with Gasteiger partial charge in [0.25, 0.3) is 0 Å². The van der Waals surface area contributed by atoms with Crippen LogP contribution in [0.15, 0.2) is 0 Å². The van der Waals surface area contributed by atoms with Crippen LogP contribution in [0.4, 0.5) is 0 Å². The Labute approximate surface area is 81.3 Å². The molecule has 0 radical (unpaired) electrons. The zero-order valence-corrected chi connectivity index (χ0v) is 9.26. The van der Waals surface area contributed by atoms with E-state index in [4.69, 9.17) is 0 Å². The number of hydrogen-bond donors (Lipinski definition) is 0. The Morgan fingerprint density at radius 2 is 2.08 bits per heavy atom. The third-order valence-electron chi connectivity index (χ3n) is 2.78. The molecule has 1 aliphatic rings. The second-order valence-corrected chi connectivity index (χ2v) is 5.25. The van der Waals surface area contributed by atoms with Crippen molar-refractivity contribution in [2.75, 3.05) is 19.6 Å². The summed E-state index contributed by atoms with van der Waals surface area (Å²) in [4.78, 5) is 13.7. The van der Waals surface area contributed by atoms with E-state index in [1.54, 1.807) is 0 Å². The maximum Gasteiger partial charge on any atom is 0.149 e. The zero-order valence-electron chi connectivity index (χ0n) is 9.26. The number of hydrogen-bond acceptors (Lipinski definition) is 2. The second-order valence-electron chi connectivity index (χ2n) is 5.25. The van der Waals surface area contributed by atoms with Crippen molar-refractivity contribution in [3.63, 3.8) is 0 Å². The molecular weight excluding hydrogens is 162 g/mol. The topological polar surface area (TPSA) is 20.3 Å². The molecule has 1 saturated heterocycles. The van der Waals surface area contributed by atoms with E-state index >= 15 is 0 Å². The molecule has 1 aliphatic heterocycles.